The second kappa shape index (κ2) is 23.0. The maximum Gasteiger partial charge on any atom is 0.343 e. The summed E-state index contributed by atoms with van der Waals surface area (Å²) in [5.41, 5.74) is 2.30. The number of cyclic esters (lactones) is 1. The van der Waals surface area contributed by atoms with Crippen molar-refractivity contribution < 1.29 is 62.1 Å². The lowest BCUT2D eigenvalue weighted by atomic mass is 9.79. The van der Waals surface area contributed by atoms with Crippen LogP contribution in [0.2, 0.25) is 0 Å². The number of hydrogen-bond acceptors (Lipinski definition) is 13. The van der Waals surface area contributed by atoms with Gasteiger partial charge in [0.2, 0.25) is 35.4 Å². The molecule has 394 valence electrons. The van der Waals surface area contributed by atoms with E-state index >= 15 is 4.39 Å². The Hall–Kier alpha value is -8.11. The van der Waals surface area contributed by atoms with Gasteiger partial charge in [0.1, 0.15) is 31.8 Å². The van der Waals surface area contributed by atoms with Gasteiger partial charge in [0.05, 0.1) is 43.5 Å². The Morgan fingerprint density at radius 3 is 2.29 bits per heavy atom. The zero-order valence-corrected chi connectivity index (χ0v) is 41.4. The second-order valence-corrected chi connectivity index (χ2v) is 18.8. The molecule has 3 aromatic carbocycles. The normalized spacial score (nSPS) is 17.4. The Morgan fingerprint density at radius 1 is 0.840 bits per heavy atom. The summed E-state index contributed by atoms with van der Waals surface area (Å²) in [6.07, 6.45) is 4.92. The molecule has 0 unspecified atom stereocenters. The van der Waals surface area contributed by atoms with E-state index in [0.29, 0.717) is 65.4 Å². The molecular formula is C53H57FN8O13. The van der Waals surface area contributed by atoms with Crippen molar-refractivity contribution in [2.75, 3.05) is 39.5 Å². The minimum atomic E-state index is -2.03. The highest BCUT2D eigenvalue weighted by atomic mass is 19.1. The molecule has 4 aliphatic rings. The third-order valence-electron chi connectivity index (χ3n) is 13.9. The first-order chi connectivity index (χ1) is 36.0. The molecule has 0 spiro atoms. The summed E-state index contributed by atoms with van der Waals surface area (Å²) in [6.45, 7) is 1.04. The number of ether oxygens (including phenoxy) is 2. The number of pyridine rings is 1. The molecule has 7 N–H and O–H groups in total. The number of amides is 8. The fourth-order valence-electron chi connectivity index (χ4n) is 9.97. The number of carbonyl (C=O) groups excluding carboxylic acids is 9. The van der Waals surface area contributed by atoms with Crippen LogP contribution in [-0.4, -0.2) is 113 Å². The van der Waals surface area contributed by atoms with Crippen molar-refractivity contribution in [2.45, 2.75) is 96.1 Å². The molecule has 3 atom stereocenters. The standard InChI is InChI=1S/C53H57FN8O13/c1-3-53(73)36-21-40-33-19-31-20-37(54)29(2)32-13-14-38(49(48(31)32)34(33)25-62(40)51(71)35(36)26-75-52(53)72)59-45(67)27-74-28-58-43(65)23-57-50(70)39(18-30-10-6-4-7-11-30)60-44(66)24-56-42(64)22-55-41(63)12-8-5-9-17-61-46(68)15-16-47(61)69/h4,6-7,10-11,15-16,19-21,38-39,73H,3,5,8-9,12-14,17-18,22-28H2,1-2H3,(H,55,63)(H,56,64)(H,57,70)(H,58,65)(H,59,67)(H,60,66)/t38-,39-,53-/m0/s1. The molecule has 75 heavy (non-hydrogen) atoms. The van der Waals surface area contributed by atoms with E-state index in [9.17, 15) is 53.1 Å². The van der Waals surface area contributed by atoms with Gasteiger partial charge in [-0.2, -0.15) is 0 Å². The first-order valence-corrected chi connectivity index (χ1v) is 24.7. The highest BCUT2D eigenvalue weighted by Crippen LogP contribution is 2.47. The maximum absolute atomic E-state index is 15.4. The third-order valence-corrected chi connectivity index (χ3v) is 13.9. The number of aliphatic hydroxyl groups is 1. The van der Waals surface area contributed by atoms with Crippen LogP contribution in [-0.2, 0) is 84.2 Å². The summed E-state index contributed by atoms with van der Waals surface area (Å²) in [7, 11) is 0. The molecule has 8 rings (SSSR count). The lowest BCUT2D eigenvalue weighted by molar-refractivity contribution is -0.172. The number of benzene rings is 3. The van der Waals surface area contributed by atoms with Crippen molar-refractivity contribution in [2.24, 2.45) is 0 Å². The molecule has 0 fully saturated rings. The van der Waals surface area contributed by atoms with Crippen molar-refractivity contribution in [1.82, 2.24) is 41.4 Å². The maximum atomic E-state index is 15.4. The molecule has 21 nitrogen and oxygen atoms in total. The highest BCUT2D eigenvalue weighted by molar-refractivity contribution is 6.12. The molecule has 0 radical (unpaired) electrons. The summed E-state index contributed by atoms with van der Waals surface area (Å²) in [6, 6.07) is 11.9. The number of aryl methyl sites for hydroxylation is 1. The van der Waals surface area contributed by atoms with Crippen molar-refractivity contribution in [3.63, 3.8) is 0 Å². The van der Waals surface area contributed by atoms with E-state index in [2.05, 4.69) is 31.9 Å². The number of hydrogen-bond donors (Lipinski definition) is 7. The lowest BCUT2D eigenvalue weighted by Gasteiger charge is -2.31. The predicted molar refractivity (Wildman–Crippen MR) is 265 cm³/mol. The number of fused-ring (bicyclic) bond motifs is 5. The lowest BCUT2D eigenvalue weighted by Crippen LogP contribution is -2.52. The summed E-state index contributed by atoms with van der Waals surface area (Å²) >= 11 is 0. The van der Waals surface area contributed by atoms with Crippen molar-refractivity contribution in [1.29, 1.82) is 0 Å². The number of carbonyl (C=O) groups is 9. The number of imide groups is 1. The first-order valence-electron chi connectivity index (χ1n) is 24.7. The minimum Gasteiger partial charge on any atom is -0.458 e. The number of halogens is 1. The quantitative estimate of drug-likeness (QED) is 0.0220. The summed E-state index contributed by atoms with van der Waals surface area (Å²) in [5, 5.41) is 28.1. The van der Waals surface area contributed by atoms with Crippen molar-refractivity contribution in [3.05, 3.63) is 116 Å². The summed E-state index contributed by atoms with van der Waals surface area (Å²) < 4.78 is 27.7. The van der Waals surface area contributed by atoms with E-state index < -0.39 is 103 Å². The van der Waals surface area contributed by atoms with Crippen LogP contribution in [0.15, 0.2) is 65.5 Å². The average molecular weight is 1030 g/mol. The van der Waals surface area contributed by atoms with Gasteiger partial charge in [-0.05, 0) is 95.8 Å². The molecule has 0 bridgehead atoms. The zero-order chi connectivity index (χ0) is 53.6. The van der Waals surface area contributed by atoms with E-state index in [1.54, 1.807) is 56.3 Å². The highest BCUT2D eigenvalue weighted by Gasteiger charge is 2.46. The number of nitrogens with zero attached hydrogens (tertiary/aromatic N) is 2. The van der Waals surface area contributed by atoms with E-state index in [0.717, 1.165) is 21.4 Å². The Balaban J connectivity index is 0.805. The zero-order valence-electron chi connectivity index (χ0n) is 41.4. The van der Waals surface area contributed by atoms with Crippen LogP contribution in [0.1, 0.15) is 90.4 Å². The van der Waals surface area contributed by atoms with Crippen LogP contribution in [0.3, 0.4) is 0 Å². The van der Waals surface area contributed by atoms with E-state index in [1.807, 2.05) is 0 Å². The van der Waals surface area contributed by atoms with Crippen molar-refractivity contribution >= 4 is 64.0 Å². The minimum absolute atomic E-state index is 0.0299. The Labute approximate surface area is 428 Å². The Kier molecular flexibility index (Phi) is 16.3. The van der Waals surface area contributed by atoms with Gasteiger partial charge in [-0.3, -0.25) is 48.1 Å². The smallest absolute Gasteiger partial charge is 0.343 e. The SMILES string of the molecule is CC[C@@]1(O)C(=O)OCc2c1cc1n(c2=O)Cc2c-1cc1cc(F)c(C)c3c1c2[C@@H](NC(=O)COCNC(=O)CNC(=O)[C@H](Cc1ccccc1)NC(=O)CNC(=O)CNC(=O)CCCCCN1C(=O)C=CC1=O)CC3. The second-order valence-electron chi connectivity index (χ2n) is 18.8. The molecule has 0 saturated carbocycles. The van der Waals surface area contributed by atoms with E-state index in [1.165, 1.54) is 22.8 Å². The molecule has 8 amide bonds. The van der Waals surface area contributed by atoms with Gasteiger partial charge in [-0.25, -0.2) is 9.18 Å². The molecule has 1 aromatic heterocycles. The molecule has 3 aliphatic heterocycles. The number of unbranched alkanes of at least 4 members (excludes halogenated alkanes) is 2. The van der Waals surface area contributed by atoms with Crippen LogP contribution in [0, 0.1) is 12.7 Å². The number of nitrogens with one attached hydrogen (secondary N) is 6. The van der Waals surface area contributed by atoms with Gasteiger partial charge in [-0.15, -0.1) is 0 Å². The Morgan fingerprint density at radius 2 is 1.55 bits per heavy atom. The largest absolute Gasteiger partial charge is 0.458 e. The van der Waals surface area contributed by atoms with Crippen LogP contribution in [0.4, 0.5) is 4.39 Å². The van der Waals surface area contributed by atoms with Crippen LogP contribution in [0.5, 0.6) is 0 Å². The number of aromatic nitrogens is 1. The van der Waals surface area contributed by atoms with E-state index in [4.69, 9.17) is 9.47 Å². The number of esters is 1. The monoisotopic (exact) mass is 1030 g/mol. The van der Waals surface area contributed by atoms with Gasteiger partial charge in [0.15, 0.2) is 5.60 Å². The van der Waals surface area contributed by atoms with Gasteiger partial charge in [-0.1, -0.05) is 43.7 Å². The molecule has 4 heterocycles. The molecule has 0 saturated heterocycles. The van der Waals surface area contributed by atoms with E-state index in [-0.39, 0.29) is 61.9 Å². The molecular weight excluding hydrogens is 976 g/mol. The van der Waals surface area contributed by atoms with Crippen LogP contribution in [0.25, 0.3) is 22.0 Å². The van der Waals surface area contributed by atoms with Crippen LogP contribution < -0.4 is 37.5 Å². The summed E-state index contributed by atoms with van der Waals surface area (Å²) in [4.78, 5) is 128. The number of rotatable bonds is 22. The summed E-state index contributed by atoms with van der Waals surface area (Å²) in [5.74, 6) is -5.67. The molecule has 4 aromatic rings. The fraction of sp³-hybridized carbons (Fsp3) is 0.396. The molecule has 1 aliphatic carbocycles. The molecule has 22 heteroatoms. The topological polar surface area (TPSA) is 290 Å². The van der Waals surface area contributed by atoms with Gasteiger partial charge in [0.25, 0.3) is 17.4 Å². The Bertz CT molecular complexity index is 3090. The van der Waals surface area contributed by atoms with Gasteiger partial charge < -0.3 is 51.0 Å². The first kappa shape index (κ1) is 53.2. The van der Waals surface area contributed by atoms with Gasteiger partial charge in [0, 0.05) is 42.7 Å². The fourth-order valence-corrected chi connectivity index (χ4v) is 9.97. The van der Waals surface area contributed by atoms with Crippen LogP contribution >= 0.6 is 0 Å². The van der Waals surface area contributed by atoms with Crippen molar-refractivity contribution in [3.8, 4) is 11.3 Å². The van der Waals surface area contributed by atoms with Gasteiger partial charge >= 0.3 is 5.97 Å². The third kappa shape index (κ3) is 11.7. The average Bonchev–Trinajstić information content (AvgIpc) is 3.98. The predicted octanol–water partition coefficient (Wildman–Crippen LogP) is 0.887.